The summed E-state index contributed by atoms with van der Waals surface area (Å²) in [6, 6.07) is 10.5. The van der Waals surface area contributed by atoms with Gasteiger partial charge in [0.05, 0.1) is 4.90 Å². The first-order chi connectivity index (χ1) is 11.1. The number of anilines is 1. The predicted molar refractivity (Wildman–Crippen MR) is 86.4 cm³/mol. The van der Waals surface area contributed by atoms with Crippen molar-refractivity contribution in [3.8, 4) is 0 Å². The Bertz CT molecular complexity index is 768. The topological polar surface area (TPSA) is 66.4 Å². The number of rotatable bonds is 3. The Morgan fingerprint density at radius 3 is 2.09 bits per heavy atom. The summed E-state index contributed by atoms with van der Waals surface area (Å²) in [4.78, 5) is 11.1. The molecular weight excluding hydrogens is 312 g/mol. The fourth-order valence-electron chi connectivity index (χ4n) is 3.51. The second kappa shape index (κ2) is 5.58. The SMILES string of the molecule is O=S(=O)(c1ccccc1)N1C[C@H]2CN(c3ncccn3)C[C@H]2C1. The largest absolute Gasteiger partial charge is 0.340 e. The van der Waals surface area contributed by atoms with E-state index in [4.69, 9.17) is 0 Å². The minimum absolute atomic E-state index is 0.345. The summed E-state index contributed by atoms with van der Waals surface area (Å²) < 4.78 is 27.0. The van der Waals surface area contributed by atoms with Crippen LogP contribution in [-0.4, -0.2) is 48.9 Å². The number of hydrogen-bond donors (Lipinski definition) is 0. The maximum Gasteiger partial charge on any atom is 0.243 e. The van der Waals surface area contributed by atoms with Crippen molar-refractivity contribution >= 4 is 16.0 Å². The molecule has 0 saturated carbocycles. The first-order valence-electron chi connectivity index (χ1n) is 7.72. The molecule has 0 radical (unpaired) electrons. The van der Waals surface area contributed by atoms with Crippen molar-refractivity contribution in [2.24, 2.45) is 11.8 Å². The molecule has 0 spiro atoms. The van der Waals surface area contributed by atoms with E-state index >= 15 is 0 Å². The van der Waals surface area contributed by atoms with E-state index < -0.39 is 10.0 Å². The monoisotopic (exact) mass is 330 g/mol. The summed E-state index contributed by atoms with van der Waals surface area (Å²) in [5, 5.41) is 0. The highest BCUT2D eigenvalue weighted by Crippen LogP contribution is 2.35. The Labute approximate surface area is 135 Å². The molecule has 7 heteroatoms. The second-order valence-corrected chi connectivity index (χ2v) is 8.05. The summed E-state index contributed by atoms with van der Waals surface area (Å²) >= 11 is 0. The fraction of sp³-hybridized carbons (Fsp3) is 0.375. The summed E-state index contributed by atoms with van der Waals surface area (Å²) in [7, 11) is -3.38. The molecule has 2 atom stereocenters. The van der Waals surface area contributed by atoms with Gasteiger partial charge in [-0.2, -0.15) is 4.31 Å². The van der Waals surface area contributed by atoms with Crippen LogP contribution in [0.1, 0.15) is 0 Å². The maximum atomic E-state index is 12.7. The molecule has 0 bridgehead atoms. The van der Waals surface area contributed by atoms with E-state index in [0.717, 1.165) is 19.0 Å². The van der Waals surface area contributed by atoms with Crippen LogP contribution >= 0.6 is 0 Å². The van der Waals surface area contributed by atoms with Crippen molar-refractivity contribution in [2.75, 3.05) is 31.1 Å². The van der Waals surface area contributed by atoms with Gasteiger partial charge in [-0.15, -0.1) is 0 Å². The van der Waals surface area contributed by atoms with Gasteiger partial charge in [0.2, 0.25) is 16.0 Å². The van der Waals surface area contributed by atoms with Gasteiger partial charge in [-0.05, 0) is 30.0 Å². The van der Waals surface area contributed by atoms with Crippen LogP contribution in [0.4, 0.5) is 5.95 Å². The van der Waals surface area contributed by atoms with Crippen LogP contribution < -0.4 is 4.90 Å². The lowest BCUT2D eigenvalue weighted by Gasteiger charge is -2.21. The fourth-order valence-corrected chi connectivity index (χ4v) is 5.08. The van der Waals surface area contributed by atoms with Crippen LogP contribution in [0.5, 0.6) is 0 Å². The van der Waals surface area contributed by atoms with Gasteiger partial charge in [-0.25, -0.2) is 18.4 Å². The van der Waals surface area contributed by atoms with E-state index in [1.54, 1.807) is 47.0 Å². The Hall–Kier alpha value is -1.99. The molecule has 0 unspecified atom stereocenters. The number of fused-ring (bicyclic) bond motifs is 1. The van der Waals surface area contributed by atoms with Crippen LogP contribution in [-0.2, 0) is 10.0 Å². The van der Waals surface area contributed by atoms with Gasteiger partial charge in [-0.3, -0.25) is 0 Å². The minimum Gasteiger partial charge on any atom is -0.340 e. The molecule has 2 aliphatic rings. The van der Waals surface area contributed by atoms with Gasteiger partial charge < -0.3 is 4.90 Å². The van der Waals surface area contributed by atoms with Crippen LogP contribution in [0, 0.1) is 11.8 Å². The minimum atomic E-state index is -3.38. The molecule has 2 aliphatic heterocycles. The van der Waals surface area contributed by atoms with Crippen molar-refractivity contribution in [3.05, 3.63) is 48.8 Å². The van der Waals surface area contributed by atoms with E-state index in [1.807, 2.05) is 6.07 Å². The Balaban J connectivity index is 1.49. The van der Waals surface area contributed by atoms with Crippen LogP contribution in [0.15, 0.2) is 53.7 Å². The van der Waals surface area contributed by atoms with Gasteiger partial charge in [0.15, 0.2) is 0 Å². The van der Waals surface area contributed by atoms with E-state index in [0.29, 0.717) is 29.8 Å². The number of aromatic nitrogens is 2. The molecule has 4 rings (SSSR count). The number of nitrogens with zero attached hydrogens (tertiary/aromatic N) is 4. The first-order valence-corrected chi connectivity index (χ1v) is 9.16. The molecule has 1 aromatic heterocycles. The standard InChI is InChI=1S/C16H18N4O2S/c21-23(22,15-5-2-1-3-6-15)20-11-13-9-19(10-14(13)12-20)16-17-7-4-8-18-16/h1-8,13-14H,9-12H2/t13-,14+. The number of benzene rings is 1. The molecule has 23 heavy (non-hydrogen) atoms. The Kier molecular flexibility index (Phi) is 3.54. The molecule has 0 N–H and O–H groups in total. The lowest BCUT2D eigenvalue weighted by Crippen LogP contribution is -2.33. The molecule has 1 aromatic carbocycles. The van der Waals surface area contributed by atoms with Gasteiger partial charge in [-0.1, -0.05) is 18.2 Å². The molecule has 0 amide bonds. The third kappa shape index (κ3) is 2.60. The summed E-state index contributed by atoms with van der Waals surface area (Å²) in [6.07, 6.45) is 3.48. The zero-order valence-corrected chi connectivity index (χ0v) is 13.4. The van der Waals surface area contributed by atoms with Crippen molar-refractivity contribution in [3.63, 3.8) is 0 Å². The molecule has 2 saturated heterocycles. The maximum absolute atomic E-state index is 12.7. The third-order valence-electron chi connectivity index (χ3n) is 4.67. The predicted octanol–water partition coefficient (Wildman–Crippen LogP) is 1.23. The molecule has 3 heterocycles. The molecule has 2 fully saturated rings. The molecule has 0 aliphatic carbocycles. The lowest BCUT2D eigenvalue weighted by atomic mass is 10.0. The van der Waals surface area contributed by atoms with Gasteiger partial charge in [0, 0.05) is 38.6 Å². The summed E-state index contributed by atoms with van der Waals surface area (Å²) in [6.45, 7) is 2.78. The van der Waals surface area contributed by atoms with E-state index in [1.165, 1.54) is 0 Å². The quantitative estimate of drug-likeness (QED) is 0.847. The highest BCUT2D eigenvalue weighted by molar-refractivity contribution is 7.89. The zero-order valence-electron chi connectivity index (χ0n) is 12.6. The van der Waals surface area contributed by atoms with Crippen LogP contribution in [0.3, 0.4) is 0 Å². The first kappa shape index (κ1) is 14.6. The lowest BCUT2D eigenvalue weighted by molar-refractivity contribution is 0.453. The van der Waals surface area contributed by atoms with Crippen LogP contribution in [0.2, 0.25) is 0 Å². The van der Waals surface area contributed by atoms with Gasteiger partial charge in [0.25, 0.3) is 0 Å². The van der Waals surface area contributed by atoms with Crippen molar-refractivity contribution in [1.82, 2.24) is 14.3 Å². The Morgan fingerprint density at radius 2 is 1.48 bits per heavy atom. The highest BCUT2D eigenvalue weighted by atomic mass is 32.2. The molecule has 120 valence electrons. The van der Waals surface area contributed by atoms with Crippen LogP contribution in [0.25, 0.3) is 0 Å². The summed E-state index contributed by atoms with van der Waals surface area (Å²) in [5.74, 6) is 1.42. The molecular formula is C16H18N4O2S. The normalized spacial score (nSPS) is 24.8. The Morgan fingerprint density at radius 1 is 0.870 bits per heavy atom. The smallest absolute Gasteiger partial charge is 0.243 e. The van der Waals surface area contributed by atoms with E-state index in [-0.39, 0.29) is 0 Å². The van der Waals surface area contributed by atoms with Gasteiger partial charge in [0.1, 0.15) is 0 Å². The van der Waals surface area contributed by atoms with Crippen molar-refractivity contribution < 1.29 is 8.42 Å². The number of hydrogen-bond acceptors (Lipinski definition) is 5. The zero-order chi connectivity index (χ0) is 15.9. The van der Waals surface area contributed by atoms with Crippen molar-refractivity contribution in [1.29, 1.82) is 0 Å². The van der Waals surface area contributed by atoms with E-state index in [9.17, 15) is 8.42 Å². The van der Waals surface area contributed by atoms with Gasteiger partial charge >= 0.3 is 0 Å². The molecule has 2 aromatic rings. The number of sulfonamides is 1. The second-order valence-electron chi connectivity index (χ2n) is 6.11. The highest BCUT2D eigenvalue weighted by Gasteiger charge is 2.44. The summed E-state index contributed by atoms with van der Waals surface area (Å²) in [5.41, 5.74) is 0. The average Bonchev–Trinajstić information content (AvgIpc) is 3.16. The van der Waals surface area contributed by atoms with Crippen molar-refractivity contribution in [2.45, 2.75) is 4.90 Å². The van der Waals surface area contributed by atoms with E-state index in [2.05, 4.69) is 14.9 Å². The third-order valence-corrected chi connectivity index (χ3v) is 6.51. The molecule has 6 nitrogen and oxygen atoms in total. The average molecular weight is 330 g/mol.